The maximum atomic E-state index is 5.26. The van der Waals surface area contributed by atoms with Gasteiger partial charge in [-0.1, -0.05) is 6.92 Å². The summed E-state index contributed by atoms with van der Waals surface area (Å²) in [4.78, 5) is 4.20. The number of nitrogens with zero attached hydrogens (tertiary/aromatic N) is 2. The van der Waals surface area contributed by atoms with E-state index in [0.29, 0.717) is 0 Å². The van der Waals surface area contributed by atoms with E-state index in [4.69, 9.17) is 4.74 Å². The van der Waals surface area contributed by atoms with Gasteiger partial charge in [0.1, 0.15) is 5.75 Å². The fourth-order valence-electron chi connectivity index (χ4n) is 2.12. The molecule has 0 aliphatic rings. The summed E-state index contributed by atoms with van der Waals surface area (Å²) in [6.07, 6.45) is 4.92. The first-order chi connectivity index (χ1) is 9.24. The minimum Gasteiger partial charge on any atom is -0.496 e. The molecule has 0 saturated heterocycles. The maximum Gasteiger partial charge on any atom is 0.121 e. The first-order valence-electron chi connectivity index (χ1n) is 6.62. The molecule has 0 saturated carbocycles. The zero-order valence-corrected chi connectivity index (χ0v) is 11.8. The minimum absolute atomic E-state index is 0.784. The van der Waals surface area contributed by atoms with Crippen molar-refractivity contribution in [3.63, 3.8) is 0 Å². The third-order valence-corrected chi connectivity index (χ3v) is 3.13. The Balaban J connectivity index is 2.02. The van der Waals surface area contributed by atoms with Crippen LogP contribution in [0.5, 0.6) is 5.75 Å². The summed E-state index contributed by atoms with van der Waals surface area (Å²) < 4.78 is 7.44. The summed E-state index contributed by atoms with van der Waals surface area (Å²) in [6.45, 7) is 6.01. The smallest absolute Gasteiger partial charge is 0.121 e. The molecule has 19 heavy (non-hydrogen) atoms. The number of methoxy groups -OCH3 is 1. The molecule has 0 aliphatic heterocycles. The van der Waals surface area contributed by atoms with Crippen LogP contribution in [-0.2, 0) is 13.1 Å². The van der Waals surface area contributed by atoms with Crippen LogP contribution in [-0.4, -0.2) is 16.7 Å². The molecule has 0 unspecified atom stereocenters. The maximum absolute atomic E-state index is 5.26. The molecule has 1 aromatic heterocycles. The topological polar surface area (TPSA) is 39.1 Å². The number of rotatable bonds is 6. The molecule has 2 rings (SSSR count). The molecular formula is C15H21N3O. The lowest BCUT2D eigenvalue weighted by atomic mass is 10.2. The van der Waals surface area contributed by atoms with Gasteiger partial charge in [0.15, 0.2) is 0 Å². The Kier molecular flexibility index (Phi) is 4.44. The Bertz CT molecular complexity index is 534. The van der Waals surface area contributed by atoms with E-state index in [9.17, 15) is 0 Å². The number of imidazole rings is 1. The minimum atomic E-state index is 0.784. The van der Waals surface area contributed by atoms with E-state index in [1.165, 1.54) is 5.69 Å². The summed E-state index contributed by atoms with van der Waals surface area (Å²) in [7, 11) is 1.69. The van der Waals surface area contributed by atoms with Crippen molar-refractivity contribution in [2.24, 2.45) is 0 Å². The van der Waals surface area contributed by atoms with Crippen molar-refractivity contribution in [3.05, 3.63) is 42.0 Å². The van der Waals surface area contributed by atoms with Gasteiger partial charge in [0, 0.05) is 18.4 Å². The fraction of sp³-hybridized carbons (Fsp3) is 0.400. The second-order valence-electron chi connectivity index (χ2n) is 4.62. The Hall–Kier alpha value is -1.97. The highest BCUT2D eigenvalue weighted by atomic mass is 16.5. The highest BCUT2D eigenvalue weighted by Crippen LogP contribution is 2.21. The van der Waals surface area contributed by atoms with Crippen LogP contribution in [0.4, 0.5) is 5.69 Å². The van der Waals surface area contributed by atoms with Gasteiger partial charge in [0.05, 0.1) is 25.7 Å². The molecule has 1 N–H and O–H groups in total. The molecule has 4 heteroatoms. The van der Waals surface area contributed by atoms with Crippen LogP contribution in [0.3, 0.4) is 0 Å². The average Bonchev–Trinajstić information content (AvgIpc) is 2.84. The fourth-order valence-corrected chi connectivity index (χ4v) is 2.12. The summed E-state index contributed by atoms with van der Waals surface area (Å²) >= 11 is 0. The van der Waals surface area contributed by atoms with Gasteiger partial charge < -0.3 is 14.6 Å². The summed E-state index contributed by atoms with van der Waals surface area (Å²) in [6, 6.07) is 6.12. The van der Waals surface area contributed by atoms with E-state index >= 15 is 0 Å². The number of aromatic nitrogens is 2. The quantitative estimate of drug-likeness (QED) is 0.865. The van der Waals surface area contributed by atoms with Crippen molar-refractivity contribution in [3.8, 4) is 5.75 Å². The second-order valence-corrected chi connectivity index (χ2v) is 4.62. The van der Waals surface area contributed by atoms with Gasteiger partial charge >= 0.3 is 0 Å². The van der Waals surface area contributed by atoms with E-state index in [2.05, 4.69) is 27.9 Å². The summed E-state index contributed by atoms with van der Waals surface area (Å²) in [5, 5.41) is 3.42. The van der Waals surface area contributed by atoms with Crippen molar-refractivity contribution in [2.45, 2.75) is 33.4 Å². The molecule has 2 aromatic rings. The largest absolute Gasteiger partial charge is 0.496 e. The van der Waals surface area contributed by atoms with Gasteiger partial charge in [0.2, 0.25) is 0 Å². The molecule has 0 amide bonds. The lowest BCUT2D eigenvalue weighted by molar-refractivity contribution is 0.412. The van der Waals surface area contributed by atoms with Gasteiger partial charge in [-0.25, -0.2) is 4.98 Å². The first kappa shape index (κ1) is 13.5. The van der Waals surface area contributed by atoms with Crippen LogP contribution in [0.25, 0.3) is 0 Å². The van der Waals surface area contributed by atoms with Crippen LogP contribution in [0.15, 0.2) is 30.7 Å². The highest BCUT2D eigenvalue weighted by Gasteiger charge is 2.03. The van der Waals surface area contributed by atoms with E-state index in [1.807, 2.05) is 31.6 Å². The van der Waals surface area contributed by atoms with Gasteiger partial charge in [0.25, 0.3) is 0 Å². The monoisotopic (exact) mass is 259 g/mol. The first-order valence-corrected chi connectivity index (χ1v) is 6.62. The van der Waals surface area contributed by atoms with E-state index in [0.717, 1.165) is 36.5 Å². The molecule has 0 radical (unpaired) electrons. The molecule has 4 nitrogen and oxygen atoms in total. The molecule has 1 aromatic carbocycles. The van der Waals surface area contributed by atoms with Crippen LogP contribution >= 0.6 is 0 Å². The predicted octanol–water partition coefficient (Wildman–Crippen LogP) is 3.22. The molecule has 0 bridgehead atoms. The van der Waals surface area contributed by atoms with Crippen molar-refractivity contribution >= 4 is 5.69 Å². The second kappa shape index (κ2) is 6.27. The van der Waals surface area contributed by atoms with Crippen LogP contribution in [0.1, 0.15) is 24.6 Å². The van der Waals surface area contributed by atoms with Gasteiger partial charge in [-0.15, -0.1) is 0 Å². The number of ether oxygens (including phenoxy) is 1. The molecular weight excluding hydrogens is 238 g/mol. The highest BCUT2D eigenvalue weighted by molar-refractivity contribution is 5.50. The lowest BCUT2D eigenvalue weighted by Crippen LogP contribution is -2.07. The lowest BCUT2D eigenvalue weighted by Gasteiger charge is -2.11. The number of aryl methyl sites for hydroxylation is 2. The summed E-state index contributed by atoms with van der Waals surface area (Å²) in [5.41, 5.74) is 3.44. The Labute approximate surface area is 114 Å². The standard InChI is InChI=1S/C15H21N3O/c1-4-7-18-11-16-9-14(18)10-17-13-5-6-15(19-3)12(2)8-13/h5-6,8-9,11,17H,4,7,10H2,1-3H3. The zero-order valence-electron chi connectivity index (χ0n) is 11.8. The predicted molar refractivity (Wildman–Crippen MR) is 77.6 cm³/mol. The number of benzene rings is 1. The Morgan fingerprint density at radius 3 is 2.89 bits per heavy atom. The molecule has 0 fully saturated rings. The van der Waals surface area contributed by atoms with Crippen LogP contribution in [0.2, 0.25) is 0 Å². The number of hydrogen-bond donors (Lipinski definition) is 1. The normalized spacial score (nSPS) is 10.5. The third kappa shape index (κ3) is 3.28. The molecule has 0 aliphatic carbocycles. The van der Waals surface area contributed by atoms with Crippen molar-refractivity contribution < 1.29 is 4.74 Å². The number of hydrogen-bond acceptors (Lipinski definition) is 3. The summed E-state index contributed by atoms with van der Waals surface area (Å²) in [5.74, 6) is 0.918. The van der Waals surface area contributed by atoms with E-state index < -0.39 is 0 Å². The van der Waals surface area contributed by atoms with Crippen LogP contribution in [0, 0.1) is 6.92 Å². The van der Waals surface area contributed by atoms with E-state index in [-0.39, 0.29) is 0 Å². The number of nitrogens with one attached hydrogen (secondary N) is 1. The number of anilines is 1. The SMILES string of the molecule is CCCn1cncc1CNc1ccc(OC)c(C)c1. The van der Waals surface area contributed by atoms with Crippen molar-refractivity contribution in [1.29, 1.82) is 0 Å². The zero-order chi connectivity index (χ0) is 13.7. The third-order valence-electron chi connectivity index (χ3n) is 3.13. The Morgan fingerprint density at radius 2 is 2.21 bits per heavy atom. The van der Waals surface area contributed by atoms with Gasteiger partial charge in [-0.05, 0) is 37.1 Å². The van der Waals surface area contributed by atoms with Gasteiger partial charge in [-0.2, -0.15) is 0 Å². The van der Waals surface area contributed by atoms with Crippen molar-refractivity contribution in [1.82, 2.24) is 9.55 Å². The Morgan fingerprint density at radius 1 is 1.37 bits per heavy atom. The molecule has 0 atom stereocenters. The van der Waals surface area contributed by atoms with Gasteiger partial charge in [-0.3, -0.25) is 0 Å². The molecule has 0 spiro atoms. The van der Waals surface area contributed by atoms with E-state index in [1.54, 1.807) is 7.11 Å². The molecule has 1 heterocycles. The van der Waals surface area contributed by atoms with Crippen molar-refractivity contribution in [2.75, 3.05) is 12.4 Å². The average molecular weight is 259 g/mol. The molecule has 102 valence electrons. The van der Waals surface area contributed by atoms with Crippen LogP contribution < -0.4 is 10.1 Å².